The summed E-state index contributed by atoms with van der Waals surface area (Å²) in [5.74, 6) is 0.876. The highest BCUT2D eigenvalue weighted by Gasteiger charge is 2.22. The average Bonchev–Trinajstić information content (AvgIpc) is 2.99. The number of rotatable bonds is 4. The van der Waals surface area contributed by atoms with Crippen LogP contribution in [-0.2, 0) is 4.74 Å². The van der Waals surface area contributed by atoms with Crippen molar-refractivity contribution in [3.05, 3.63) is 34.4 Å². The molecule has 0 saturated carbocycles. The van der Waals surface area contributed by atoms with Crippen molar-refractivity contribution in [1.82, 2.24) is 0 Å². The molecule has 1 heterocycles. The minimum absolute atomic E-state index is 0.145. The number of epoxide rings is 1. The number of benzene rings is 1. The van der Waals surface area contributed by atoms with Crippen LogP contribution in [0.2, 0.25) is 0 Å². The Morgan fingerprint density at radius 2 is 2.43 bits per heavy atom. The summed E-state index contributed by atoms with van der Waals surface area (Å²) in [5.41, 5.74) is 0.145. The second-order valence-electron chi connectivity index (χ2n) is 3.02. The largest absolute Gasteiger partial charge is 0.372 e. The number of non-ortho nitro benzene ring substituents is 1. The predicted molar refractivity (Wildman–Crippen MR) is 53.6 cm³/mol. The Bertz CT molecular complexity index is 352. The standard InChI is InChI=1S/C9H9NO3S/c11-10(12)7-2-1-3-9(4-7)14-6-8-5-13-8/h1-4,8H,5-6H2/t8-/m1/s1. The normalized spacial score (nSPS) is 19.3. The summed E-state index contributed by atoms with van der Waals surface area (Å²) in [6.07, 6.45) is 0.347. The second-order valence-corrected chi connectivity index (χ2v) is 4.11. The summed E-state index contributed by atoms with van der Waals surface area (Å²) < 4.78 is 5.05. The lowest BCUT2D eigenvalue weighted by Crippen LogP contribution is -1.90. The molecular weight excluding hydrogens is 202 g/mol. The van der Waals surface area contributed by atoms with Crippen LogP contribution in [-0.4, -0.2) is 23.4 Å². The molecule has 0 aromatic heterocycles. The Morgan fingerprint density at radius 3 is 3.07 bits per heavy atom. The maximum absolute atomic E-state index is 10.5. The molecule has 1 saturated heterocycles. The minimum atomic E-state index is -0.377. The average molecular weight is 211 g/mol. The van der Waals surface area contributed by atoms with Gasteiger partial charge in [0, 0.05) is 22.8 Å². The van der Waals surface area contributed by atoms with E-state index in [1.54, 1.807) is 23.9 Å². The smallest absolute Gasteiger partial charge is 0.270 e. The zero-order valence-corrected chi connectivity index (χ0v) is 8.20. The minimum Gasteiger partial charge on any atom is -0.372 e. The van der Waals surface area contributed by atoms with E-state index in [9.17, 15) is 10.1 Å². The molecule has 5 heteroatoms. The molecule has 0 spiro atoms. The Balaban J connectivity index is 2.01. The van der Waals surface area contributed by atoms with Crippen LogP contribution in [0.5, 0.6) is 0 Å². The molecule has 14 heavy (non-hydrogen) atoms. The molecule has 4 nitrogen and oxygen atoms in total. The van der Waals surface area contributed by atoms with Crippen LogP contribution in [0.15, 0.2) is 29.2 Å². The molecule has 74 valence electrons. The summed E-state index contributed by atoms with van der Waals surface area (Å²) in [6, 6.07) is 6.67. The van der Waals surface area contributed by atoms with Crippen LogP contribution in [0.1, 0.15) is 0 Å². The van der Waals surface area contributed by atoms with Crippen molar-refractivity contribution < 1.29 is 9.66 Å². The number of nitrogens with zero attached hydrogens (tertiary/aromatic N) is 1. The van der Waals surface area contributed by atoms with E-state index in [2.05, 4.69) is 0 Å². The highest BCUT2D eigenvalue weighted by atomic mass is 32.2. The maximum atomic E-state index is 10.5. The summed E-state index contributed by atoms with van der Waals surface area (Å²) in [7, 11) is 0. The monoisotopic (exact) mass is 211 g/mol. The first kappa shape index (κ1) is 9.48. The quantitative estimate of drug-likeness (QED) is 0.331. The van der Waals surface area contributed by atoms with Gasteiger partial charge in [0.1, 0.15) is 0 Å². The van der Waals surface area contributed by atoms with Crippen LogP contribution in [0.3, 0.4) is 0 Å². The molecule has 0 radical (unpaired) electrons. The van der Waals surface area contributed by atoms with Crippen LogP contribution in [0, 0.1) is 10.1 Å². The van der Waals surface area contributed by atoms with E-state index >= 15 is 0 Å². The predicted octanol–water partition coefficient (Wildman–Crippen LogP) is 2.09. The first-order valence-electron chi connectivity index (χ1n) is 4.24. The Labute approximate surface area is 85.4 Å². The van der Waals surface area contributed by atoms with Crippen molar-refractivity contribution >= 4 is 17.4 Å². The fourth-order valence-electron chi connectivity index (χ4n) is 1.04. The molecule has 0 N–H and O–H groups in total. The van der Waals surface area contributed by atoms with Crippen LogP contribution >= 0.6 is 11.8 Å². The fourth-order valence-corrected chi connectivity index (χ4v) is 1.99. The van der Waals surface area contributed by atoms with Crippen LogP contribution in [0.25, 0.3) is 0 Å². The van der Waals surface area contributed by atoms with Gasteiger partial charge in [0.2, 0.25) is 0 Å². The summed E-state index contributed by atoms with van der Waals surface area (Å²) >= 11 is 1.59. The topological polar surface area (TPSA) is 55.7 Å². The third-order valence-electron chi connectivity index (χ3n) is 1.87. The Hall–Kier alpha value is -1.07. The third-order valence-corrected chi connectivity index (χ3v) is 2.99. The highest BCUT2D eigenvalue weighted by Crippen LogP contribution is 2.26. The van der Waals surface area contributed by atoms with E-state index < -0.39 is 0 Å². The van der Waals surface area contributed by atoms with Crippen molar-refractivity contribution in [2.45, 2.75) is 11.0 Å². The fraction of sp³-hybridized carbons (Fsp3) is 0.333. The van der Waals surface area contributed by atoms with Crippen LogP contribution < -0.4 is 0 Å². The van der Waals surface area contributed by atoms with E-state index in [1.807, 2.05) is 6.07 Å². The first-order chi connectivity index (χ1) is 6.75. The zero-order valence-electron chi connectivity index (χ0n) is 7.38. The summed E-state index contributed by atoms with van der Waals surface area (Å²) in [4.78, 5) is 11.0. The highest BCUT2D eigenvalue weighted by molar-refractivity contribution is 7.99. The van der Waals surface area contributed by atoms with Crippen molar-refractivity contribution in [3.8, 4) is 0 Å². The van der Waals surface area contributed by atoms with Crippen LogP contribution in [0.4, 0.5) is 5.69 Å². The molecular formula is C9H9NO3S. The second kappa shape index (κ2) is 3.98. The zero-order chi connectivity index (χ0) is 9.97. The van der Waals surface area contributed by atoms with Gasteiger partial charge in [-0.2, -0.15) is 0 Å². The molecule has 2 rings (SSSR count). The van der Waals surface area contributed by atoms with E-state index in [0.717, 1.165) is 17.3 Å². The molecule has 0 unspecified atom stereocenters. The lowest BCUT2D eigenvalue weighted by Gasteiger charge is -1.98. The van der Waals surface area contributed by atoms with Gasteiger partial charge in [-0.3, -0.25) is 10.1 Å². The molecule has 1 fully saturated rings. The van der Waals surface area contributed by atoms with Crippen molar-refractivity contribution in [2.24, 2.45) is 0 Å². The van der Waals surface area contributed by atoms with Gasteiger partial charge in [-0.05, 0) is 6.07 Å². The molecule has 0 amide bonds. The summed E-state index contributed by atoms with van der Waals surface area (Å²) in [5, 5.41) is 10.5. The summed E-state index contributed by atoms with van der Waals surface area (Å²) in [6.45, 7) is 0.821. The van der Waals surface area contributed by atoms with Crippen molar-refractivity contribution in [3.63, 3.8) is 0 Å². The number of hydrogen-bond donors (Lipinski definition) is 0. The lowest BCUT2D eigenvalue weighted by molar-refractivity contribution is -0.385. The van der Waals surface area contributed by atoms with Gasteiger partial charge >= 0.3 is 0 Å². The molecule has 1 aromatic carbocycles. The number of ether oxygens (including phenoxy) is 1. The molecule has 0 bridgehead atoms. The van der Waals surface area contributed by atoms with Gasteiger partial charge in [0.05, 0.1) is 17.6 Å². The number of thioether (sulfide) groups is 1. The molecule has 1 aliphatic rings. The number of nitro groups is 1. The molecule has 1 aliphatic heterocycles. The molecule has 1 aromatic rings. The first-order valence-corrected chi connectivity index (χ1v) is 5.23. The maximum Gasteiger partial charge on any atom is 0.270 e. The van der Waals surface area contributed by atoms with E-state index in [0.29, 0.717) is 6.10 Å². The van der Waals surface area contributed by atoms with Crippen molar-refractivity contribution in [1.29, 1.82) is 0 Å². The Kier molecular flexibility index (Phi) is 2.69. The molecule has 0 aliphatic carbocycles. The van der Waals surface area contributed by atoms with Gasteiger partial charge in [0.25, 0.3) is 5.69 Å². The lowest BCUT2D eigenvalue weighted by atomic mass is 10.3. The van der Waals surface area contributed by atoms with E-state index in [1.165, 1.54) is 6.07 Å². The third kappa shape index (κ3) is 2.46. The number of hydrogen-bond acceptors (Lipinski definition) is 4. The van der Waals surface area contributed by atoms with Gasteiger partial charge in [-0.25, -0.2) is 0 Å². The van der Waals surface area contributed by atoms with Gasteiger partial charge in [0.15, 0.2) is 0 Å². The van der Waals surface area contributed by atoms with Gasteiger partial charge in [-0.15, -0.1) is 11.8 Å². The van der Waals surface area contributed by atoms with Gasteiger partial charge < -0.3 is 4.74 Å². The number of nitro benzene ring substituents is 1. The molecule has 1 atom stereocenters. The van der Waals surface area contributed by atoms with E-state index in [4.69, 9.17) is 4.74 Å². The van der Waals surface area contributed by atoms with Gasteiger partial charge in [-0.1, -0.05) is 6.07 Å². The van der Waals surface area contributed by atoms with E-state index in [-0.39, 0.29) is 10.6 Å². The van der Waals surface area contributed by atoms with Crippen molar-refractivity contribution in [2.75, 3.05) is 12.4 Å². The SMILES string of the molecule is O=[N+]([O-])c1cccc(SC[C@H]2CO2)c1. The Morgan fingerprint density at radius 1 is 1.64 bits per heavy atom.